The number of benzene rings is 5. The van der Waals surface area contributed by atoms with Crippen molar-refractivity contribution in [1.82, 2.24) is 9.97 Å². The Balaban J connectivity index is 0.00000595. The van der Waals surface area contributed by atoms with Gasteiger partial charge in [0, 0.05) is 35.2 Å². The summed E-state index contributed by atoms with van der Waals surface area (Å²) in [6, 6.07) is 28.6. The van der Waals surface area contributed by atoms with Gasteiger partial charge < -0.3 is 9.97 Å². The quantitative estimate of drug-likeness (QED) is 0.135. The zero-order valence-electron chi connectivity index (χ0n) is 39.8. The van der Waals surface area contributed by atoms with Crippen LogP contribution < -0.4 is 0 Å². The SMILES string of the molecule is [2H]c1[c-]c(-c2nc([2H])c([2H])c(-c3c([2H])c([2H])c(C4(C)CCCCC4)c([2H])c3[2H])c2[2H])c([2H])c([2H])c1-c1ccccc1-c1cc(C)cc(CCc2c[c-]c(-c3ccccn3)cc2)c1.[Ir]. The van der Waals surface area contributed by atoms with E-state index in [4.69, 9.17) is 8.22 Å². The van der Waals surface area contributed by atoms with Gasteiger partial charge in [-0.05, 0) is 89.8 Å². The molecule has 0 aliphatic heterocycles. The van der Waals surface area contributed by atoms with E-state index in [-0.39, 0.29) is 72.2 Å². The predicted molar refractivity (Wildman–Crippen MR) is 216 cm³/mol. The topological polar surface area (TPSA) is 25.8 Å². The second-order valence-electron chi connectivity index (χ2n) is 13.9. The number of nitrogens with zero attached hydrogens (tertiary/aromatic N) is 2. The molecule has 1 aliphatic carbocycles. The van der Waals surface area contributed by atoms with Gasteiger partial charge >= 0.3 is 0 Å². The van der Waals surface area contributed by atoms with Crippen molar-refractivity contribution in [3.63, 3.8) is 0 Å². The Hall–Kier alpha value is -4.95. The van der Waals surface area contributed by atoms with Crippen LogP contribution in [0.5, 0.6) is 0 Å². The number of aryl methyl sites for hydroxylation is 3. The maximum atomic E-state index is 9.27. The maximum Gasteiger partial charge on any atom is 0.0830 e. The van der Waals surface area contributed by atoms with Crippen LogP contribution in [0, 0.1) is 19.1 Å². The molecular weight excluding hydrogens is 821 g/mol. The normalized spacial score (nSPS) is 16.3. The molecule has 0 spiro atoms. The minimum atomic E-state index is -0.610. The predicted octanol–water partition coefficient (Wildman–Crippen LogP) is 12.7. The molecule has 0 atom stereocenters. The van der Waals surface area contributed by atoms with Crippen molar-refractivity contribution in [3.8, 4) is 55.9 Å². The van der Waals surface area contributed by atoms with Crippen molar-refractivity contribution >= 4 is 0 Å². The first-order valence-corrected chi connectivity index (χ1v) is 17.9. The molecule has 3 heteroatoms. The Morgan fingerprint density at radius 1 is 0.660 bits per heavy atom. The fraction of sp³-hybridized carbons (Fsp3) is 0.200. The van der Waals surface area contributed by atoms with Crippen LogP contribution in [0.4, 0.5) is 0 Å². The summed E-state index contributed by atoms with van der Waals surface area (Å²) in [5, 5.41) is 0. The van der Waals surface area contributed by atoms with Gasteiger partial charge in [-0.25, -0.2) is 0 Å². The van der Waals surface area contributed by atoms with Crippen molar-refractivity contribution in [2.24, 2.45) is 0 Å². The Labute approximate surface area is 342 Å². The van der Waals surface area contributed by atoms with E-state index < -0.39 is 41.8 Å². The minimum absolute atomic E-state index is 0. The number of hydrogen-bond donors (Lipinski definition) is 0. The van der Waals surface area contributed by atoms with E-state index in [2.05, 4.69) is 40.3 Å². The van der Waals surface area contributed by atoms with Gasteiger partial charge in [0.05, 0.1) is 9.60 Å². The average molecular weight is 875 g/mol. The molecule has 7 aromatic rings. The molecule has 2 aromatic heterocycles. The third-order valence-electron chi connectivity index (χ3n) is 10.1. The first kappa shape index (κ1) is 25.9. The van der Waals surface area contributed by atoms with Gasteiger partial charge in [0.15, 0.2) is 0 Å². The van der Waals surface area contributed by atoms with Crippen molar-refractivity contribution in [2.45, 2.75) is 64.2 Å². The minimum Gasteiger partial charge on any atom is -0.305 e. The zero-order valence-corrected chi connectivity index (χ0v) is 32.2. The van der Waals surface area contributed by atoms with Gasteiger partial charge in [0.2, 0.25) is 0 Å². The summed E-state index contributed by atoms with van der Waals surface area (Å²) < 4.78 is 90.5. The number of hydrogen-bond acceptors (Lipinski definition) is 2. The molecule has 0 unspecified atom stereocenters. The van der Waals surface area contributed by atoms with Crippen LogP contribution in [0.2, 0.25) is 0 Å². The summed E-state index contributed by atoms with van der Waals surface area (Å²) >= 11 is 0. The first-order chi connectivity index (χ1) is 29.7. The van der Waals surface area contributed by atoms with Gasteiger partial charge in [-0.2, -0.15) is 0 Å². The van der Waals surface area contributed by atoms with E-state index in [1.165, 1.54) is 0 Å². The smallest absolute Gasteiger partial charge is 0.0830 e. The van der Waals surface area contributed by atoms with Crippen LogP contribution in [0.25, 0.3) is 55.9 Å². The second-order valence-corrected chi connectivity index (χ2v) is 13.9. The van der Waals surface area contributed by atoms with E-state index in [1.54, 1.807) is 12.3 Å². The summed E-state index contributed by atoms with van der Waals surface area (Å²) in [5.74, 6) is 0. The monoisotopic (exact) mass is 875 g/mol. The third kappa shape index (κ3) is 8.33. The first-order valence-electron chi connectivity index (χ1n) is 22.9. The summed E-state index contributed by atoms with van der Waals surface area (Å²) in [4.78, 5) is 8.59. The van der Waals surface area contributed by atoms with Crippen LogP contribution in [0.3, 0.4) is 0 Å². The van der Waals surface area contributed by atoms with Crippen LogP contribution >= 0.6 is 0 Å². The number of aromatic nitrogens is 2. The van der Waals surface area contributed by atoms with E-state index >= 15 is 0 Å². The van der Waals surface area contributed by atoms with Gasteiger partial charge in [0.1, 0.15) is 0 Å². The molecule has 1 radical (unpaired) electrons. The molecule has 8 rings (SSSR count). The maximum absolute atomic E-state index is 9.27. The van der Waals surface area contributed by atoms with Crippen molar-refractivity contribution in [2.75, 3.05) is 0 Å². The molecule has 53 heavy (non-hydrogen) atoms. The largest absolute Gasteiger partial charge is 0.305 e. The molecule has 0 N–H and O–H groups in total. The fourth-order valence-electron chi connectivity index (χ4n) is 7.15. The summed E-state index contributed by atoms with van der Waals surface area (Å²) in [5.41, 5.74) is 6.06. The molecular formula is C50H44IrN2-2. The van der Waals surface area contributed by atoms with Gasteiger partial charge in [-0.3, -0.25) is 0 Å². The molecule has 2 heterocycles. The average Bonchev–Trinajstić information content (AvgIpc) is 3.27. The fourth-order valence-corrected chi connectivity index (χ4v) is 7.15. The zero-order chi connectivity index (χ0) is 44.0. The van der Waals surface area contributed by atoms with Crippen LogP contribution in [0.15, 0.2) is 146 Å². The molecule has 1 aliphatic rings. The van der Waals surface area contributed by atoms with E-state index in [1.807, 2.05) is 68.4 Å². The van der Waals surface area contributed by atoms with Crippen LogP contribution in [0.1, 0.15) is 75.0 Å². The molecule has 0 saturated heterocycles. The van der Waals surface area contributed by atoms with Crippen LogP contribution in [-0.2, 0) is 38.4 Å². The van der Waals surface area contributed by atoms with Crippen molar-refractivity contribution in [3.05, 3.63) is 180 Å². The summed E-state index contributed by atoms with van der Waals surface area (Å²) in [6.07, 6.45) is 6.99. The molecule has 0 bridgehead atoms. The molecule has 0 amide bonds. The van der Waals surface area contributed by atoms with E-state index in [0.29, 0.717) is 11.1 Å². The Bertz CT molecular complexity index is 2830. The molecule has 265 valence electrons. The summed E-state index contributed by atoms with van der Waals surface area (Å²) in [6.45, 7) is 3.99. The number of pyridine rings is 2. The van der Waals surface area contributed by atoms with Gasteiger partial charge in [-0.15, -0.1) is 65.1 Å². The Morgan fingerprint density at radius 2 is 1.42 bits per heavy atom. The van der Waals surface area contributed by atoms with Crippen molar-refractivity contribution < 1.29 is 33.8 Å². The third-order valence-corrected chi connectivity index (χ3v) is 10.1. The molecule has 2 nitrogen and oxygen atoms in total. The standard InChI is InChI=1S/C50H44N2.Ir/c1-36-32-38(14-13-37-15-17-41(18-16-37)48-12-6-9-30-51-48)34-44(33-36)47-11-5-4-10-46(47)40-19-21-42(22-20-40)49-35-43(27-31-52-49)39-23-25-45(26-24-39)50(2)28-7-3-8-29-50;/h4-6,9-12,15-17,19-21,23-27,30-35H,3,7-8,13-14,28-29H2,1-2H3;/q-2;/i19D,20D,21D,23D,24D,25D,26D,27D,31D,35D;. The second kappa shape index (κ2) is 16.4. The van der Waals surface area contributed by atoms with E-state index in [9.17, 15) is 5.48 Å². The summed E-state index contributed by atoms with van der Waals surface area (Å²) in [7, 11) is 0. The number of rotatable bonds is 9. The van der Waals surface area contributed by atoms with Gasteiger partial charge in [0.25, 0.3) is 0 Å². The molecule has 1 fully saturated rings. The van der Waals surface area contributed by atoms with Crippen molar-refractivity contribution in [1.29, 1.82) is 0 Å². The molecule has 5 aromatic carbocycles. The Kier molecular flexibility index (Phi) is 8.01. The van der Waals surface area contributed by atoms with Crippen LogP contribution in [-0.4, -0.2) is 9.97 Å². The van der Waals surface area contributed by atoms with E-state index in [0.717, 1.165) is 84.0 Å². The Morgan fingerprint density at radius 3 is 2.17 bits per heavy atom. The van der Waals surface area contributed by atoms with Gasteiger partial charge in [-0.1, -0.05) is 134 Å². The molecule has 1 saturated carbocycles.